The molecule has 0 aromatic heterocycles. The summed E-state index contributed by atoms with van der Waals surface area (Å²) in [5.41, 5.74) is 5.89. The lowest BCUT2D eigenvalue weighted by Gasteiger charge is -2.30. The van der Waals surface area contributed by atoms with E-state index >= 15 is 0 Å². The van der Waals surface area contributed by atoms with Gasteiger partial charge < -0.3 is 21.3 Å². The van der Waals surface area contributed by atoms with E-state index in [0.717, 1.165) is 32.2 Å². The van der Waals surface area contributed by atoms with Crippen molar-refractivity contribution in [1.82, 2.24) is 15.5 Å². The van der Waals surface area contributed by atoms with E-state index < -0.39 is 0 Å². The largest absolute Gasteiger partial charge is 0.341 e. The topological polar surface area (TPSA) is 87.5 Å². The average Bonchev–Trinajstić information content (AvgIpc) is 2.52. The van der Waals surface area contributed by atoms with Gasteiger partial charge in [0.15, 0.2) is 0 Å². The van der Waals surface area contributed by atoms with Crippen LogP contribution in [0.1, 0.15) is 57.8 Å². The van der Waals surface area contributed by atoms with E-state index in [9.17, 15) is 9.59 Å². The van der Waals surface area contributed by atoms with Crippen molar-refractivity contribution in [3.05, 3.63) is 0 Å². The molecule has 2 fully saturated rings. The molecule has 1 heterocycles. The third-order valence-electron chi connectivity index (χ3n) is 4.60. The van der Waals surface area contributed by atoms with Crippen LogP contribution in [0.3, 0.4) is 0 Å². The molecular formula is C16H31ClN4O2. The summed E-state index contributed by atoms with van der Waals surface area (Å²) in [6, 6.07) is 0.349. The standard InChI is InChI=1S/C16H30N4O2.ClH/c17-13-6-5-11-20(12-13)15(21)9-4-10-18-16(22)19-14-7-2-1-3-8-14;/h13-14H,1-12,17H2,(H2,18,19,22);1H. The van der Waals surface area contributed by atoms with Gasteiger partial charge in [-0.25, -0.2) is 4.79 Å². The molecule has 0 spiro atoms. The van der Waals surface area contributed by atoms with E-state index in [4.69, 9.17) is 5.73 Å². The minimum absolute atomic E-state index is 0. The van der Waals surface area contributed by atoms with E-state index in [0.29, 0.717) is 32.0 Å². The average molecular weight is 347 g/mol. The zero-order valence-corrected chi connectivity index (χ0v) is 14.7. The van der Waals surface area contributed by atoms with E-state index in [-0.39, 0.29) is 30.4 Å². The van der Waals surface area contributed by atoms with Gasteiger partial charge in [-0.1, -0.05) is 19.3 Å². The van der Waals surface area contributed by atoms with Gasteiger partial charge in [0.2, 0.25) is 5.91 Å². The van der Waals surface area contributed by atoms with Gasteiger partial charge in [-0.05, 0) is 32.1 Å². The second-order valence-electron chi connectivity index (χ2n) is 6.58. The molecule has 1 aliphatic heterocycles. The fraction of sp³-hybridized carbons (Fsp3) is 0.875. The third-order valence-corrected chi connectivity index (χ3v) is 4.60. The first-order valence-electron chi connectivity index (χ1n) is 8.73. The summed E-state index contributed by atoms with van der Waals surface area (Å²) in [6.07, 6.45) is 9.03. The minimum atomic E-state index is -0.0978. The Morgan fingerprint density at radius 2 is 1.83 bits per heavy atom. The molecule has 0 radical (unpaired) electrons. The molecule has 134 valence electrons. The summed E-state index contributed by atoms with van der Waals surface area (Å²) >= 11 is 0. The first kappa shape index (κ1) is 20.0. The number of likely N-dealkylation sites (tertiary alicyclic amines) is 1. The highest BCUT2D eigenvalue weighted by molar-refractivity contribution is 5.85. The smallest absolute Gasteiger partial charge is 0.315 e. The molecule has 23 heavy (non-hydrogen) atoms. The second-order valence-corrected chi connectivity index (χ2v) is 6.58. The van der Waals surface area contributed by atoms with E-state index in [2.05, 4.69) is 10.6 Å². The van der Waals surface area contributed by atoms with Crippen LogP contribution in [0.4, 0.5) is 4.79 Å². The highest BCUT2D eigenvalue weighted by atomic mass is 35.5. The Labute approximate surface area is 145 Å². The van der Waals surface area contributed by atoms with Crippen LogP contribution >= 0.6 is 12.4 Å². The number of nitrogens with two attached hydrogens (primary N) is 1. The Kier molecular flexibility index (Phi) is 9.33. The Morgan fingerprint density at radius 1 is 1.09 bits per heavy atom. The van der Waals surface area contributed by atoms with Crippen LogP contribution in [0.15, 0.2) is 0 Å². The molecule has 7 heteroatoms. The van der Waals surface area contributed by atoms with Crippen molar-refractivity contribution in [2.45, 2.75) is 69.9 Å². The molecule has 0 aromatic carbocycles. The first-order chi connectivity index (χ1) is 10.6. The fourth-order valence-electron chi connectivity index (χ4n) is 3.32. The summed E-state index contributed by atoms with van der Waals surface area (Å²) in [5.74, 6) is 0.157. The van der Waals surface area contributed by atoms with Gasteiger partial charge in [0, 0.05) is 38.1 Å². The second kappa shape index (κ2) is 10.7. The van der Waals surface area contributed by atoms with Crippen molar-refractivity contribution < 1.29 is 9.59 Å². The highest BCUT2D eigenvalue weighted by Gasteiger charge is 2.20. The van der Waals surface area contributed by atoms with Crippen LogP contribution in [0.25, 0.3) is 0 Å². The number of halogens is 1. The van der Waals surface area contributed by atoms with E-state index in [1.54, 1.807) is 0 Å². The normalized spacial score (nSPS) is 22.1. The molecule has 6 nitrogen and oxygen atoms in total. The molecule has 2 aliphatic rings. The molecule has 0 bridgehead atoms. The Balaban J connectivity index is 0.00000264. The van der Waals surface area contributed by atoms with E-state index in [1.165, 1.54) is 19.3 Å². The summed E-state index contributed by atoms with van der Waals surface area (Å²) in [7, 11) is 0. The number of rotatable bonds is 5. The lowest BCUT2D eigenvalue weighted by Crippen LogP contribution is -2.46. The Bertz CT molecular complexity index is 375. The molecule has 1 saturated carbocycles. The van der Waals surface area contributed by atoms with Crippen LogP contribution in [-0.2, 0) is 4.79 Å². The Morgan fingerprint density at radius 3 is 2.52 bits per heavy atom. The molecule has 1 aliphatic carbocycles. The molecule has 1 unspecified atom stereocenters. The number of carbonyl (C=O) groups excluding carboxylic acids is 2. The van der Waals surface area contributed by atoms with E-state index in [1.807, 2.05) is 4.90 Å². The number of piperidine rings is 1. The molecule has 1 atom stereocenters. The van der Waals surface area contributed by atoms with Gasteiger partial charge >= 0.3 is 6.03 Å². The molecule has 4 N–H and O–H groups in total. The number of nitrogens with one attached hydrogen (secondary N) is 2. The molecule has 0 aromatic rings. The SMILES string of the molecule is Cl.NC1CCCN(C(=O)CCCNC(=O)NC2CCCCC2)C1. The number of carbonyl (C=O) groups is 2. The lowest BCUT2D eigenvalue weighted by molar-refractivity contribution is -0.132. The number of nitrogens with zero attached hydrogens (tertiary/aromatic N) is 1. The Hall–Kier alpha value is -1.01. The van der Waals surface area contributed by atoms with Gasteiger partial charge in [-0.2, -0.15) is 0 Å². The zero-order valence-electron chi connectivity index (χ0n) is 13.9. The van der Waals surface area contributed by atoms with Crippen molar-refractivity contribution in [3.63, 3.8) is 0 Å². The highest BCUT2D eigenvalue weighted by Crippen LogP contribution is 2.17. The molecule has 3 amide bonds. The van der Waals surface area contributed by atoms with Crippen LogP contribution in [0, 0.1) is 0 Å². The van der Waals surface area contributed by atoms with Gasteiger partial charge in [0.25, 0.3) is 0 Å². The maximum atomic E-state index is 12.0. The van der Waals surface area contributed by atoms with Crippen LogP contribution < -0.4 is 16.4 Å². The third kappa shape index (κ3) is 7.40. The van der Waals surface area contributed by atoms with Gasteiger partial charge in [-0.3, -0.25) is 4.79 Å². The minimum Gasteiger partial charge on any atom is -0.341 e. The monoisotopic (exact) mass is 346 g/mol. The lowest BCUT2D eigenvalue weighted by atomic mass is 9.96. The summed E-state index contributed by atoms with van der Waals surface area (Å²) < 4.78 is 0. The van der Waals surface area contributed by atoms with Crippen LogP contribution in [0.2, 0.25) is 0 Å². The number of urea groups is 1. The number of hydrogen-bond acceptors (Lipinski definition) is 3. The summed E-state index contributed by atoms with van der Waals surface area (Å²) in [5, 5.41) is 5.87. The quantitative estimate of drug-likeness (QED) is 0.663. The zero-order chi connectivity index (χ0) is 15.8. The van der Waals surface area contributed by atoms with Crippen molar-refractivity contribution in [1.29, 1.82) is 0 Å². The summed E-state index contributed by atoms with van der Waals surface area (Å²) in [4.78, 5) is 25.7. The molecule has 1 saturated heterocycles. The fourth-order valence-corrected chi connectivity index (χ4v) is 3.32. The van der Waals surface area contributed by atoms with Gasteiger partial charge in [-0.15, -0.1) is 12.4 Å². The van der Waals surface area contributed by atoms with Gasteiger partial charge in [0.1, 0.15) is 0 Å². The molecule has 2 rings (SSSR count). The van der Waals surface area contributed by atoms with Crippen LogP contribution in [0.5, 0.6) is 0 Å². The number of hydrogen-bond donors (Lipinski definition) is 3. The first-order valence-corrected chi connectivity index (χ1v) is 8.73. The summed E-state index contributed by atoms with van der Waals surface area (Å²) in [6.45, 7) is 2.04. The number of amides is 3. The maximum Gasteiger partial charge on any atom is 0.315 e. The predicted octanol–water partition coefficient (Wildman–Crippen LogP) is 1.77. The van der Waals surface area contributed by atoms with Crippen molar-refractivity contribution >= 4 is 24.3 Å². The molecular weight excluding hydrogens is 316 g/mol. The maximum absolute atomic E-state index is 12.0. The van der Waals surface area contributed by atoms with Crippen molar-refractivity contribution in [2.75, 3.05) is 19.6 Å². The van der Waals surface area contributed by atoms with Gasteiger partial charge in [0.05, 0.1) is 0 Å². The van der Waals surface area contributed by atoms with Crippen molar-refractivity contribution in [2.24, 2.45) is 5.73 Å². The van der Waals surface area contributed by atoms with Crippen LogP contribution in [-0.4, -0.2) is 48.6 Å². The predicted molar refractivity (Wildman–Crippen MR) is 93.7 cm³/mol. The van der Waals surface area contributed by atoms with Crippen molar-refractivity contribution in [3.8, 4) is 0 Å².